The van der Waals surface area contributed by atoms with Crippen LogP contribution in [0.2, 0.25) is 0 Å². The maximum Gasteiger partial charge on any atom is -0.0169 e. The fourth-order valence-electron chi connectivity index (χ4n) is 0.789. The van der Waals surface area contributed by atoms with Gasteiger partial charge in [0.1, 0.15) is 0 Å². The van der Waals surface area contributed by atoms with E-state index in [4.69, 9.17) is 0 Å². The summed E-state index contributed by atoms with van der Waals surface area (Å²) >= 11 is 0. The molecule has 0 heterocycles. The second-order valence-electron chi connectivity index (χ2n) is 2.09. The fourth-order valence-corrected chi connectivity index (χ4v) is 0.789. The molecule has 0 saturated carbocycles. The lowest BCUT2D eigenvalue weighted by atomic mass is 10.1. The van der Waals surface area contributed by atoms with E-state index in [1.165, 1.54) is 18.4 Å². The molecule has 0 fully saturated rings. The van der Waals surface area contributed by atoms with Crippen molar-refractivity contribution in [2.75, 3.05) is 0 Å². The second kappa shape index (κ2) is 5.61. The molecule has 0 aliphatic heterocycles. The molecule has 52 valence electrons. The molecule has 0 atom stereocenters. The highest BCUT2D eigenvalue weighted by molar-refractivity contribution is 5.02. The molecular formula is C9H16. The molecule has 0 aromatic carbocycles. The first kappa shape index (κ1) is 8.48. The molecule has 0 aromatic rings. The van der Waals surface area contributed by atoms with E-state index < -0.39 is 0 Å². The highest BCUT2D eigenvalue weighted by Crippen LogP contribution is 2.05. The zero-order chi connectivity index (χ0) is 7.11. The van der Waals surface area contributed by atoms with Crippen molar-refractivity contribution in [3.63, 3.8) is 0 Å². The summed E-state index contributed by atoms with van der Waals surface area (Å²) in [6, 6.07) is 0. The Morgan fingerprint density at radius 1 is 1.33 bits per heavy atom. The van der Waals surface area contributed by atoms with E-state index in [2.05, 4.69) is 26.5 Å². The third kappa shape index (κ3) is 4.01. The Hall–Kier alpha value is -0.520. The van der Waals surface area contributed by atoms with Gasteiger partial charge in [0.2, 0.25) is 0 Å². The molecule has 0 N–H and O–H groups in total. The largest absolute Gasteiger partial charge is 0.103 e. The molecule has 0 radical (unpaired) electrons. The van der Waals surface area contributed by atoms with Crippen LogP contribution in [0.15, 0.2) is 24.3 Å². The Morgan fingerprint density at radius 2 is 1.89 bits per heavy atom. The summed E-state index contributed by atoms with van der Waals surface area (Å²) in [6.07, 6.45) is 7.59. The minimum Gasteiger partial charge on any atom is -0.103 e. The maximum absolute atomic E-state index is 3.66. The highest BCUT2D eigenvalue weighted by atomic mass is 13.9. The van der Waals surface area contributed by atoms with Crippen molar-refractivity contribution in [2.24, 2.45) is 0 Å². The number of rotatable bonds is 4. The Bertz CT molecular complexity index is 92.6. The zero-order valence-corrected chi connectivity index (χ0v) is 6.48. The summed E-state index contributed by atoms with van der Waals surface area (Å²) in [4.78, 5) is 0. The lowest BCUT2D eigenvalue weighted by Gasteiger charge is -1.96. The molecule has 0 bridgehead atoms. The van der Waals surface area contributed by atoms with Crippen LogP contribution in [0.25, 0.3) is 0 Å². The van der Waals surface area contributed by atoms with Crippen LogP contribution in [0.1, 0.15) is 33.1 Å². The fraction of sp³-hybridized carbons (Fsp3) is 0.556. The minimum atomic E-state index is 1.02. The van der Waals surface area contributed by atoms with Gasteiger partial charge in [0.25, 0.3) is 0 Å². The van der Waals surface area contributed by atoms with E-state index in [1.54, 1.807) is 0 Å². The van der Waals surface area contributed by atoms with Crippen molar-refractivity contribution in [3.05, 3.63) is 24.3 Å². The van der Waals surface area contributed by atoms with Crippen LogP contribution in [0.5, 0.6) is 0 Å². The standard InChI is InChI=1S/C9H16/c1-4-7-8-9(5-2)6-3/h4,8H,1,5-7H2,2-3H3. The monoisotopic (exact) mass is 124 g/mol. The van der Waals surface area contributed by atoms with Crippen molar-refractivity contribution in [1.82, 2.24) is 0 Å². The molecule has 0 saturated heterocycles. The molecule has 0 spiro atoms. The third-order valence-electron chi connectivity index (χ3n) is 1.48. The summed E-state index contributed by atoms with van der Waals surface area (Å²) in [6.45, 7) is 8.04. The average Bonchev–Trinajstić information content (AvgIpc) is 1.91. The second-order valence-corrected chi connectivity index (χ2v) is 2.09. The van der Waals surface area contributed by atoms with Crippen molar-refractivity contribution < 1.29 is 0 Å². The van der Waals surface area contributed by atoms with Crippen LogP contribution in [0.3, 0.4) is 0 Å². The average molecular weight is 124 g/mol. The van der Waals surface area contributed by atoms with Gasteiger partial charge in [0.15, 0.2) is 0 Å². The van der Waals surface area contributed by atoms with Gasteiger partial charge in [-0.05, 0) is 19.3 Å². The quantitative estimate of drug-likeness (QED) is 0.504. The summed E-state index contributed by atoms with van der Waals surface area (Å²) in [5, 5.41) is 0. The van der Waals surface area contributed by atoms with Gasteiger partial charge < -0.3 is 0 Å². The van der Waals surface area contributed by atoms with Gasteiger partial charge in [0.05, 0.1) is 0 Å². The van der Waals surface area contributed by atoms with Gasteiger partial charge in [0, 0.05) is 0 Å². The normalized spacial score (nSPS) is 8.67. The predicted octanol–water partition coefficient (Wildman–Crippen LogP) is 3.31. The van der Waals surface area contributed by atoms with Crippen molar-refractivity contribution in [1.29, 1.82) is 0 Å². The van der Waals surface area contributed by atoms with Crippen molar-refractivity contribution in [3.8, 4) is 0 Å². The van der Waals surface area contributed by atoms with Crippen LogP contribution < -0.4 is 0 Å². The van der Waals surface area contributed by atoms with Crippen molar-refractivity contribution >= 4 is 0 Å². The molecule has 0 aliphatic rings. The lowest BCUT2D eigenvalue weighted by Crippen LogP contribution is -1.75. The van der Waals surface area contributed by atoms with Gasteiger partial charge >= 0.3 is 0 Å². The Morgan fingerprint density at radius 3 is 2.22 bits per heavy atom. The van der Waals surface area contributed by atoms with Crippen LogP contribution in [0, 0.1) is 0 Å². The third-order valence-corrected chi connectivity index (χ3v) is 1.48. The number of hydrogen-bond donors (Lipinski definition) is 0. The van der Waals surface area contributed by atoms with Crippen LogP contribution >= 0.6 is 0 Å². The van der Waals surface area contributed by atoms with Crippen LogP contribution in [-0.2, 0) is 0 Å². The maximum atomic E-state index is 3.66. The SMILES string of the molecule is C=CCC=C(CC)CC. The summed E-state index contributed by atoms with van der Waals surface area (Å²) < 4.78 is 0. The molecule has 0 aromatic heterocycles. The van der Waals surface area contributed by atoms with E-state index >= 15 is 0 Å². The van der Waals surface area contributed by atoms with Crippen LogP contribution in [-0.4, -0.2) is 0 Å². The summed E-state index contributed by atoms with van der Waals surface area (Å²) in [5.74, 6) is 0. The first-order valence-electron chi connectivity index (χ1n) is 3.63. The molecule has 0 heteroatoms. The first-order valence-corrected chi connectivity index (χ1v) is 3.63. The Labute approximate surface area is 58.3 Å². The van der Waals surface area contributed by atoms with Gasteiger partial charge in [-0.15, -0.1) is 6.58 Å². The van der Waals surface area contributed by atoms with Crippen LogP contribution in [0.4, 0.5) is 0 Å². The number of hydrogen-bond acceptors (Lipinski definition) is 0. The highest BCUT2D eigenvalue weighted by Gasteiger charge is 1.85. The summed E-state index contributed by atoms with van der Waals surface area (Å²) in [7, 11) is 0. The Balaban J connectivity index is 3.60. The number of allylic oxidation sites excluding steroid dienone is 3. The molecular weight excluding hydrogens is 108 g/mol. The minimum absolute atomic E-state index is 1.02. The first-order chi connectivity index (χ1) is 4.35. The molecule has 0 nitrogen and oxygen atoms in total. The lowest BCUT2D eigenvalue weighted by molar-refractivity contribution is 0.964. The molecule has 0 rings (SSSR count). The molecule has 9 heavy (non-hydrogen) atoms. The predicted molar refractivity (Wildman–Crippen MR) is 43.5 cm³/mol. The summed E-state index contributed by atoms with van der Waals surface area (Å²) in [5.41, 5.74) is 1.54. The van der Waals surface area contributed by atoms with Crippen molar-refractivity contribution in [2.45, 2.75) is 33.1 Å². The zero-order valence-electron chi connectivity index (χ0n) is 6.48. The van der Waals surface area contributed by atoms with Gasteiger partial charge in [-0.3, -0.25) is 0 Å². The smallest absolute Gasteiger partial charge is 0.0169 e. The van der Waals surface area contributed by atoms with E-state index in [9.17, 15) is 0 Å². The van der Waals surface area contributed by atoms with Gasteiger partial charge in [-0.2, -0.15) is 0 Å². The van der Waals surface area contributed by atoms with E-state index in [1.807, 2.05) is 6.08 Å². The van der Waals surface area contributed by atoms with E-state index in [0.717, 1.165) is 6.42 Å². The molecule has 0 amide bonds. The van der Waals surface area contributed by atoms with E-state index in [0.29, 0.717) is 0 Å². The Kier molecular flexibility index (Phi) is 5.29. The molecule has 0 unspecified atom stereocenters. The van der Waals surface area contributed by atoms with Gasteiger partial charge in [-0.25, -0.2) is 0 Å². The van der Waals surface area contributed by atoms with Gasteiger partial charge in [-0.1, -0.05) is 31.6 Å². The van der Waals surface area contributed by atoms with E-state index in [-0.39, 0.29) is 0 Å². The topological polar surface area (TPSA) is 0 Å². The molecule has 0 aliphatic carbocycles.